The Balaban J connectivity index is 1.60. The Bertz CT molecular complexity index is 1460. The van der Waals surface area contributed by atoms with Gasteiger partial charge in [-0.3, -0.25) is 28.8 Å². The Labute approximate surface area is 274 Å². The molecule has 0 spiro atoms. The number of nitrogens with one attached hydrogen (secondary N) is 5. The zero-order chi connectivity index (χ0) is 34.1. The summed E-state index contributed by atoms with van der Waals surface area (Å²) in [6.45, 7) is 7.35. The fraction of sp³-hybridized carbons (Fsp3) is 0.562. The minimum atomic E-state index is -0.979. The zero-order valence-corrected chi connectivity index (χ0v) is 27.4. The van der Waals surface area contributed by atoms with Crippen LogP contribution >= 0.6 is 0 Å². The van der Waals surface area contributed by atoms with Crippen LogP contribution in [0.25, 0.3) is 0 Å². The van der Waals surface area contributed by atoms with E-state index in [-0.39, 0.29) is 75.5 Å². The molecular weight excluding hydrogens is 606 g/mol. The highest BCUT2D eigenvalue weighted by Crippen LogP contribution is 2.21. The minimum Gasteiger partial charge on any atom is -0.353 e. The Morgan fingerprint density at radius 2 is 1.64 bits per heavy atom. The number of hydrogen-bond donors (Lipinski definition) is 5. The molecule has 0 saturated carbocycles. The molecule has 0 unspecified atom stereocenters. The molecule has 1 aromatic heterocycles. The van der Waals surface area contributed by atoms with Crippen molar-refractivity contribution in [1.29, 1.82) is 0 Å². The zero-order valence-electron chi connectivity index (χ0n) is 27.4. The Kier molecular flexibility index (Phi) is 12.0. The van der Waals surface area contributed by atoms with Crippen molar-refractivity contribution in [3.8, 4) is 0 Å². The van der Waals surface area contributed by atoms with Gasteiger partial charge < -0.3 is 31.5 Å². The molecular formula is C32H45N9O6. The van der Waals surface area contributed by atoms with Crippen molar-refractivity contribution >= 4 is 35.4 Å². The molecule has 3 heterocycles. The lowest BCUT2D eigenvalue weighted by Gasteiger charge is -2.27. The van der Waals surface area contributed by atoms with Gasteiger partial charge in [-0.05, 0) is 38.2 Å². The van der Waals surface area contributed by atoms with E-state index in [2.05, 4.69) is 36.7 Å². The molecule has 1 aromatic carbocycles. The van der Waals surface area contributed by atoms with E-state index >= 15 is 0 Å². The van der Waals surface area contributed by atoms with Crippen LogP contribution in [0.2, 0.25) is 0 Å². The Morgan fingerprint density at radius 3 is 2.32 bits per heavy atom. The molecule has 15 heteroatoms. The fourth-order valence-electron chi connectivity index (χ4n) is 5.64. The third-order valence-corrected chi connectivity index (χ3v) is 8.17. The third-order valence-electron chi connectivity index (χ3n) is 8.17. The predicted molar refractivity (Wildman–Crippen MR) is 170 cm³/mol. The van der Waals surface area contributed by atoms with E-state index in [1.54, 1.807) is 13.8 Å². The summed E-state index contributed by atoms with van der Waals surface area (Å²) in [6, 6.07) is 6.03. The molecule has 0 aliphatic carbocycles. The maximum absolute atomic E-state index is 13.8. The topological polar surface area (TPSA) is 197 Å². The SMILES string of the molecule is Cc1nc2n(n1)CC(=O)NCCN(C(=O)[C@H]1CCC(=O)N1)CCCC(=O)N[C@@H](C)C(=O)N[C@H](Cc1ccccc1)C(=O)N[C@H]2C(C)C. The fourth-order valence-corrected chi connectivity index (χ4v) is 5.64. The van der Waals surface area contributed by atoms with Crippen molar-refractivity contribution in [1.82, 2.24) is 46.2 Å². The molecule has 0 bridgehead atoms. The third kappa shape index (κ3) is 9.83. The molecule has 15 nitrogen and oxygen atoms in total. The number of hydrogen-bond acceptors (Lipinski definition) is 8. The summed E-state index contributed by atoms with van der Waals surface area (Å²) in [7, 11) is 0. The first-order chi connectivity index (χ1) is 22.4. The van der Waals surface area contributed by atoms with Crippen molar-refractivity contribution in [2.75, 3.05) is 19.6 Å². The van der Waals surface area contributed by atoms with Gasteiger partial charge in [0.25, 0.3) is 0 Å². The first-order valence-corrected chi connectivity index (χ1v) is 16.1. The second-order valence-corrected chi connectivity index (χ2v) is 12.4. The van der Waals surface area contributed by atoms with Crippen molar-refractivity contribution in [3.63, 3.8) is 0 Å². The summed E-state index contributed by atoms with van der Waals surface area (Å²) in [6.07, 6.45) is 1.15. The number of rotatable bonds is 4. The molecule has 1 fully saturated rings. The van der Waals surface area contributed by atoms with Gasteiger partial charge in [0.2, 0.25) is 35.4 Å². The lowest BCUT2D eigenvalue weighted by atomic mass is 10.0. The van der Waals surface area contributed by atoms with E-state index in [0.29, 0.717) is 18.1 Å². The molecule has 5 N–H and O–H groups in total. The summed E-state index contributed by atoms with van der Waals surface area (Å²) in [4.78, 5) is 84.0. The van der Waals surface area contributed by atoms with Gasteiger partial charge >= 0.3 is 0 Å². The molecule has 2 aromatic rings. The van der Waals surface area contributed by atoms with Crippen LogP contribution in [0.5, 0.6) is 0 Å². The van der Waals surface area contributed by atoms with Crippen molar-refractivity contribution in [2.45, 2.75) is 90.5 Å². The molecule has 6 amide bonds. The smallest absolute Gasteiger partial charge is 0.245 e. The van der Waals surface area contributed by atoms with Gasteiger partial charge in [-0.1, -0.05) is 44.2 Å². The number of nitrogens with zero attached hydrogens (tertiary/aromatic N) is 4. The molecule has 2 aliphatic heterocycles. The van der Waals surface area contributed by atoms with Crippen LogP contribution in [0.15, 0.2) is 30.3 Å². The molecule has 4 rings (SSSR count). The second-order valence-electron chi connectivity index (χ2n) is 12.4. The van der Waals surface area contributed by atoms with Crippen LogP contribution < -0.4 is 26.6 Å². The normalized spacial score (nSPS) is 24.0. The molecule has 47 heavy (non-hydrogen) atoms. The first kappa shape index (κ1) is 35.0. The summed E-state index contributed by atoms with van der Waals surface area (Å²) in [5.74, 6) is -1.59. The van der Waals surface area contributed by atoms with Gasteiger partial charge in [0, 0.05) is 38.9 Å². The lowest BCUT2D eigenvalue weighted by molar-refractivity contribution is -0.135. The Hall–Kier alpha value is -4.82. The number of carbonyl (C=O) groups excluding carboxylic acids is 6. The van der Waals surface area contributed by atoms with Crippen LogP contribution in [0.3, 0.4) is 0 Å². The van der Waals surface area contributed by atoms with Crippen LogP contribution in [0.1, 0.15) is 69.7 Å². The van der Waals surface area contributed by atoms with E-state index in [4.69, 9.17) is 0 Å². The first-order valence-electron chi connectivity index (χ1n) is 16.1. The van der Waals surface area contributed by atoms with Crippen molar-refractivity contribution < 1.29 is 28.8 Å². The second kappa shape index (κ2) is 16.1. The van der Waals surface area contributed by atoms with Gasteiger partial charge in [-0.25, -0.2) is 9.67 Å². The van der Waals surface area contributed by atoms with E-state index in [9.17, 15) is 28.8 Å². The van der Waals surface area contributed by atoms with E-state index in [1.807, 2.05) is 44.2 Å². The molecule has 2 aliphatic rings. The van der Waals surface area contributed by atoms with E-state index < -0.39 is 41.9 Å². The largest absolute Gasteiger partial charge is 0.353 e. The lowest BCUT2D eigenvalue weighted by Crippen LogP contribution is -2.54. The van der Waals surface area contributed by atoms with Crippen LogP contribution in [0, 0.1) is 12.8 Å². The standard InChI is InChI=1S/C32H45N9O6/c1-19(2)28-29-35-21(4)39-41(29)18-27(44)33-14-16-40(32(47)23-12-13-26(43)36-23)15-8-11-25(42)34-20(3)30(45)37-24(31(46)38-28)17-22-9-6-5-7-10-22/h5-7,9-10,19-20,23-24,28H,8,11-18H2,1-4H3,(H,33,44)(H,34,42)(H,36,43)(H,37,45)(H,38,46)/t20-,23+,24+,28-/m0/s1. The van der Waals surface area contributed by atoms with E-state index in [1.165, 1.54) is 9.58 Å². The minimum absolute atomic E-state index is 0.0310. The van der Waals surface area contributed by atoms with Gasteiger partial charge in [0.1, 0.15) is 30.5 Å². The average Bonchev–Trinajstić information content (AvgIpc) is 3.62. The molecule has 254 valence electrons. The maximum Gasteiger partial charge on any atom is 0.245 e. The van der Waals surface area contributed by atoms with E-state index in [0.717, 1.165) is 5.56 Å². The van der Waals surface area contributed by atoms with Gasteiger partial charge in [-0.15, -0.1) is 0 Å². The average molecular weight is 652 g/mol. The number of amides is 6. The van der Waals surface area contributed by atoms with Gasteiger partial charge in [-0.2, -0.15) is 5.10 Å². The molecule has 4 atom stereocenters. The van der Waals surface area contributed by atoms with Crippen molar-refractivity contribution in [2.24, 2.45) is 5.92 Å². The highest BCUT2D eigenvalue weighted by atomic mass is 16.2. The summed E-state index contributed by atoms with van der Waals surface area (Å²) < 4.78 is 1.45. The molecule has 1 saturated heterocycles. The van der Waals surface area contributed by atoms with Crippen LogP contribution in [-0.4, -0.2) is 92.9 Å². The number of aromatic nitrogens is 3. The van der Waals surface area contributed by atoms with Crippen LogP contribution in [0.4, 0.5) is 0 Å². The quantitative estimate of drug-likeness (QED) is 0.296. The maximum atomic E-state index is 13.8. The highest BCUT2D eigenvalue weighted by molar-refractivity contribution is 5.92. The highest BCUT2D eigenvalue weighted by Gasteiger charge is 2.32. The number of carbonyl (C=O) groups is 6. The number of aryl methyl sites for hydroxylation is 1. The molecule has 0 radical (unpaired) electrons. The monoisotopic (exact) mass is 651 g/mol. The van der Waals surface area contributed by atoms with Gasteiger partial charge in [0.05, 0.1) is 6.04 Å². The van der Waals surface area contributed by atoms with Gasteiger partial charge in [0.15, 0.2) is 5.82 Å². The van der Waals surface area contributed by atoms with Crippen LogP contribution in [-0.2, 0) is 41.7 Å². The number of benzene rings is 1. The summed E-state index contributed by atoms with van der Waals surface area (Å²) in [5, 5.41) is 18.4. The predicted octanol–water partition coefficient (Wildman–Crippen LogP) is -0.351. The summed E-state index contributed by atoms with van der Waals surface area (Å²) in [5.41, 5.74) is 0.826. The van der Waals surface area contributed by atoms with Crippen molar-refractivity contribution in [3.05, 3.63) is 47.5 Å². The number of fused-ring (bicyclic) bond motifs is 1. The summed E-state index contributed by atoms with van der Waals surface area (Å²) >= 11 is 0. The Morgan fingerprint density at radius 1 is 0.915 bits per heavy atom.